The fourth-order valence-corrected chi connectivity index (χ4v) is 5.21. The van der Waals surface area contributed by atoms with Gasteiger partial charge in [-0.3, -0.25) is 4.79 Å². The van der Waals surface area contributed by atoms with Crippen LogP contribution in [0.5, 0.6) is 0 Å². The third-order valence-electron chi connectivity index (χ3n) is 6.14. The van der Waals surface area contributed by atoms with Crippen LogP contribution in [0.15, 0.2) is 0 Å². The number of carbonyl (C=O) groups excluding carboxylic acids is 1. The van der Waals surface area contributed by atoms with Crippen LogP contribution in [0.25, 0.3) is 0 Å². The molecule has 4 aliphatic carbocycles. The van der Waals surface area contributed by atoms with Gasteiger partial charge >= 0.3 is 0 Å². The lowest BCUT2D eigenvalue weighted by Gasteiger charge is -2.55. The van der Waals surface area contributed by atoms with Gasteiger partial charge in [0.1, 0.15) is 0 Å². The van der Waals surface area contributed by atoms with Gasteiger partial charge in [0.25, 0.3) is 0 Å². The minimum Gasteiger partial charge on any atom is -0.368 e. The zero-order valence-corrected chi connectivity index (χ0v) is 11.4. The molecular weight excluding hydrogens is 224 g/mol. The lowest BCUT2D eigenvalue weighted by molar-refractivity contribution is -0.125. The highest BCUT2D eigenvalue weighted by atomic mass is 16.1. The van der Waals surface area contributed by atoms with Gasteiger partial charge in [-0.2, -0.15) is 0 Å². The van der Waals surface area contributed by atoms with Gasteiger partial charge in [0, 0.05) is 0 Å². The monoisotopic (exact) mass is 250 g/mol. The molecule has 0 heterocycles. The fraction of sp³-hybridized carbons (Fsp3) is 0.933. The van der Waals surface area contributed by atoms with Crippen molar-refractivity contribution in [2.45, 2.75) is 57.4 Å². The van der Waals surface area contributed by atoms with Gasteiger partial charge in [0.2, 0.25) is 5.91 Å². The van der Waals surface area contributed by atoms with E-state index in [2.05, 4.69) is 0 Å². The van der Waals surface area contributed by atoms with Crippen LogP contribution < -0.4 is 11.5 Å². The van der Waals surface area contributed by atoms with Gasteiger partial charge < -0.3 is 11.5 Å². The third-order valence-corrected chi connectivity index (χ3v) is 6.14. The van der Waals surface area contributed by atoms with Crippen molar-refractivity contribution in [1.82, 2.24) is 0 Å². The second-order valence-corrected chi connectivity index (χ2v) is 7.17. The van der Waals surface area contributed by atoms with E-state index >= 15 is 0 Å². The second kappa shape index (κ2) is 4.22. The van der Waals surface area contributed by atoms with Crippen molar-refractivity contribution in [1.29, 1.82) is 0 Å². The van der Waals surface area contributed by atoms with E-state index in [1.807, 2.05) is 6.92 Å². The van der Waals surface area contributed by atoms with Gasteiger partial charge in [-0.25, -0.2) is 0 Å². The highest BCUT2D eigenvalue weighted by molar-refractivity contribution is 5.84. The van der Waals surface area contributed by atoms with Crippen molar-refractivity contribution in [2.24, 2.45) is 41.1 Å². The summed E-state index contributed by atoms with van der Waals surface area (Å²) >= 11 is 0. The van der Waals surface area contributed by atoms with E-state index < -0.39 is 5.54 Å². The number of primary amides is 1. The van der Waals surface area contributed by atoms with Crippen molar-refractivity contribution in [3.8, 4) is 0 Å². The first kappa shape index (κ1) is 12.5. The van der Waals surface area contributed by atoms with Crippen molar-refractivity contribution in [3.63, 3.8) is 0 Å². The van der Waals surface area contributed by atoms with E-state index in [1.165, 1.54) is 32.1 Å². The van der Waals surface area contributed by atoms with Crippen molar-refractivity contribution in [2.75, 3.05) is 0 Å². The molecule has 4 fully saturated rings. The minimum absolute atomic E-state index is 0.307. The molecule has 4 bridgehead atoms. The van der Waals surface area contributed by atoms with Gasteiger partial charge in [-0.05, 0) is 74.5 Å². The summed E-state index contributed by atoms with van der Waals surface area (Å²) in [6, 6.07) is 0. The molecule has 4 aliphatic rings. The molecule has 1 amide bonds. The third kappa shape index (κ3) is 1.87. The van der Waals surface area contributed by atoms with Gasteiger partial charge in [0.05, 0.1) is 5.54 Å². The fourth-order valence-electron chi connectivity index (χ4n) is 5.21. The largest absolute Gasteiger partial charge is 0.368 e. The maximum atomic E-state index is 11.6. The van der Waals surface area contributed by atoms with Crippen LogP contribution in [0.3, 0.4) is 0 Å². The van der Waals surface area contributed by atoms with Gasteiger partial charge in [0.15, 0.2) is 0 Å². The van der Waals surface area contributed by atoms with E-state index in [4.69, 9.17) is 11.5 Å². The molecule has 3 heteroatoms. The number of rotatable bonds is 4. The minimum atomic E-state index is -0.764. The Morgan fingerprint density at radius 3 is 2.00 bits per heavy atom. The number of hydrogen-bond donors (Lipinski definition) is 2. The van der Waals surface area contributed by atoms with Gasteiger partial charge in [-0.1, -0.05) is 6.92 Å². The molecule has 3 nitrogen and oxygen atoms in total. The van der Waals surface area contributed by atoms with Gasteiger partial charge in [-0.15, -0.1) is 0 Å². The highest BCUT2D eigenvalue weighted by Crippen LogP contribution is 2.58. The van der Waals surface area contributed by atoms with Crippen LogP contribution in [-0.4, -0.2) is 11.4 Å². The number of carbonyl (C=O) groups is 1. The first-order chi connectivity index (χ1) is 8.51. The van der Waals surface area contributed by atoms with Crippen molar-refractivity contribution in [3.05, 3.63) is 0 Å². The first-order valence-electron chi connectivity index (χ1n) is 7.60. The van der Waals surface area contributed by atoms with E-state index in [1.54, 1.807) is 0 Å². The molecule has 18 heavy (non-hydrogen) atoms. The summed E-state index contributed by atoms with van der Waals surface area (Å²) in [6.45, 7) is 1.99. The Balaban J connectivity index is 1.75. The average Bonchev–Trinajstić information content (AvgIpc) is 2.32. The van der Waals surface area contributed by atoms with Crippen molar-refractivity contribution < 1.29 is 4.79 Å². The second-order valence-electron chi connectivity index (χ2n) is 7.17. The maximum Gasteiger partial charge on any atom is 0.237 e. The molecule has 0 aromatic carbocycles. The topological polar surface area (TPSA) is 69.1 Å². The van der Waals surface area contributed by atoms with Crippen LogP contribution in [0, 0.1) is 29.6 Å². The molecule has 0 aromatic heterocycles. The average molecular weight is 250 g/mol. The smallest absolute Gasteiger partial charge is 0.237 e. The zero-order chi connectivity index (χ0) is 12.9. The summed E-state index contributed by atoms with van der Waals surface area (Å²) in [5, 5.41) is 0. The summed E-state index contributed by atoms with van der Waals surface area (Å²) in [7, 11) is 0. The molecular formula is C15H26N2O. The van der Waals surface area contributed by atoms with E-state index in [-0.39, 0.29) is 5.91 Å². The summed E-state index contributed by atoms with van der Waals surface area (Å²) in [6.07, 6.45) is 8.51. The van der Waals surface area contributed by atoms with E-state index in [9.17, 15) is 4.79 Å². The Kier molecular flexibility index (Phi) is 2.92. The molecule has 1 unspecified atom stereocenters. The number of nitrogens with two attached hydrogens (primary N) is 2. The van der Waals surface area contributed by atoms with Crippen LogP contribution in [0.2, 0.25) is 0 Å². The number of hydrogen-bond acceptors (Lipinski definition) is 2. The molecule has 102 valence electrons. The normalized spacial score (nSPS) is 44.9. The predicted octanol–water partition coefficient (Wildman–Crippen LogP) is 2.04. The zero-order valence-electron chi connectivity index (χ0n) is 11.4. The molecule has 4 N–H and O–H groups in total. The highest BCUT2D eigenvalue weighted by Gasteiger charge is 2.50. The molecule has 0 saturated heterocycles. The van der Waals surface area contributed by atoms with Crippen LogP contribution in [0.4, 0.5) is 0 Å². The first-order valence-corrected chi connectivity index (χ1v) is 7.60. The molecule has 4 saturated carbocycles. The Morgan fingerprint density at radius 2 is 1.61 bits per heavy atom. The van der Waals surface area contributed by atoms with Crippen LogP contribution in [0.1, 0.15) is 51.9 Å². The standard InChI is InChI=1S/C15H26N2O/c1-2-15(17,14(16)18)8-13-11-4-9-3-10(6-11)7-12(13)5-9/h9-13H,2-8,17H2,1H3,(H2,16,18). The summed E-state index contributed by atoms with van der Waals surface area (Å²) < 4.78 is 0. The maximum absolute atomic E-state index is 11.6. The molecule has 1 atom stereocenters. The summed E-state index contributed by atoms with van der Waals surface area (Å²) in [4.78, 5) is 11.6. The summed E-state index contributed by atoms with van der Waals surface area (Å²) in [5.41, 5.74) is 11.0. The Bertz CT molecular complexity index is 326. The Hall–Kier alpha value is -0.570. The molecule has 0 aliphatic heterocycles. The SMILES string of the molecule is CCC(N)(CC1C2CC3CC(C2)CC1C3)C(N)=O. The van der Waals surface area contributed by atoms with Crippen molar-refractivity contribution >= 4 is 5.91 Å². The van der Waals surface area contributed by atoms with E-state index in [0.29, 0.717) is 12.3 Å². The quantitative estimate of drug-likeness (QED) is 0.801. The Morgan fingerprint density at radius 1 is 1.11 bits per heavy atom. The molecule has 0 spiro atoms. The van der Waals surface area contributed by atoms with Crippen LogP contribution in [-0.2, 0) is 4.79 Å². The Labute approximate surface area is 110 Å². The summed E-state index contributed by atoms with van der Waals surface area (Å²) in [5.74, 6) is 3.97. The lowest BCUT2D eigenvalue weighted by atomic mass is 9.50. The van der Waals surface area contributed by atoms with E-state index in [0.717, 1.165) is 30.1 Å². The molecule has 0 radical (unpaired) electrons. The lowest BCUT2D eigenvalue weighted by Crippen LogP contribution is -2.56. The predicted molar refractivity (Wildman–Crippen MR) is 71.6 cm³/mol. The molecule has 0 aromatic rings. The molecule has 4 rings (SSSR count). The van der Waals surface area contributed by atoms with Crippen LogP contribution >= 0.6 is 0 Å². The number of amides is 1.